The van der Waals surface area contributed by atoms with E-state index in [4.69, 9.17) is 4.98 Å². The van der Waals surface area contributed by atoms with Gasteiger partial charge in [0.2, 0.25) is 12.4 Å². The van der Waals surface area contributed by atoms with Gasteiger partial charge < -0.3 is 15.6 Å². The molecular weight excluding hydrogens is 478 g/mol. The molecule has 1 saturated carbocycles. The molecule has 0 unspecified atom stereocenters. The highest BCUT2D eigenvalue weighted by atomic mass is 16.1. The van der Waals surface area contributed by atoms with Gasteiger partial charge in [-0.15, -0.1) is 0 Å². The molecule has 0 bridgehead atoms. The number of H-pyrrole nitrogens is 1. The molecule has 5 rings (SSSR count). The molecule has 3 N–H and O–H groups in total. The maximum Gasteiger partial charge on any atom is 0.229 e. The van der Waals surface area contributed by atoms with Gasteiger partial charge >= 0.3 is 0 Å². The molecule has 2 aliphatic rings. The van der Waals surface area contributed by atoms with Crippen LogP contribution in [0.5, 0.6) is 0 Å². The molecule has 9 nitrogen and oxygen atoms in total. The standard InChI is InChI=1S/C29H37N7O2/c1-19(21(3)38)20(2)25-15-32-29(34-28(25)36(18-37)23-6-4-5-7-23)33-27-16-31-26-9-8-22(14-24(26)27)17-35-12-10-30-11-13-35/h8-9,14-16,18,23,30-31H,4-7,10-13,17H2,1-3H3,(H,32,33,34)/b20-19+. The Hall–Kier alpha value is -3.56. The minimum Gasteiger partial charge on any atom is -0.359 e. The summed E-state index contributed by atoms with van der Waals surface area (Å²) < 4.78 is 0. The number of allylic oxidation sites excluding steroid dienone is 2. The number of hydrogen-bond acceptors (Lipinski definition) is 7. The van der Waals surface area contributed by atoms with E-state index in [-0.39, 0.29) is 11.8 Å². The topological polar surface area (TPSA) is 106 Å². The zero-order valence-electron chi connectivity index (χ0n) is 22.5. The first-order chi connectivity index (χ1) is 18.4. The lowest BCUT2D eigenvalue weighted by molar-refractivity contribution is -0.113. The van der Waals surface area contributed by atoms with Crippen LogP contribution in [0.4, 0.5) is 17.5 Å². The molecule has 0 spiro atoms. The van der Waals surface area contributed by atoms with E-state index in [1.54, 1.807) is 24.9 Å². The Labute approximate surface area is 223 Å². The number of aromatic amines is 1. The number of carbonyl (C=O) groups excluding carboxylic acids is 2. The number of aromatic nitrogens is 3. The van der Waals surface area contributed by atoms with E-state index in [0.717, 1.165) is 87.0 Å². The van der Waals surface area contributed by atoms with E-state index >= 15 is 0 Å². The largest absolute Gasteiger partial charge is 0.359 e. The second kappa shape index (κ2) is 11.4. The van der Waals surface area contributed by atoms with Gasteiger partial charge in [0, 0.05) is 67.6 Å². The number of rotatable bonds is 9. The van der Waals surface area contributed by atoms with Gasteiger partial charge in [0.25, 0.3) is 0 Å². The van der Waals surface area contributed by atoms with Gasteiger partial charge in [0.05, 0.1) is 5.69 Å². The van der Waals surface area contributed by atoms with Crippen molar-refractivity contribution in [3.05, 3.63) is 47.3 Å². The summed E-state index contributed by atoms with van der Waals surface area (Å²) in [4.78, 5) is 41.4. The lowest BCUT2D eigenvalue weighted by Gasteiger charge is -2.27. The predicted molar refractivity (Wildman–Crippen MR) is 152 cm³/mol. The number of hydrogen-bond donors (Lipinski definition) is 3. The van der Waals surface area contributed by atoms with Crippen LogP contribution in [0.15, 0.2) is 36.2 Å². The predicted octanol–water partition coefficient (Wildman–Crippen LogP) is 4.39. The number of benzene rings is 1. The fourth-order valence-corrected chi connectivity index (χ4v) is 5.47. The number of anilines is 3. The molecule has 0 atom stereocenters. The molecule has 3 heterocycles. The van der Waals surface area contributed by atoms with Crippen molar-refractivity contribution in [2.24, 2.45) is 0 Å². The second-order valence-electron chi connectivity index (χ2n) is 10.4. The monoisotopic (exact) mass is 515 g/mol. The molecule has 1 saturated heterocycles. The van der Waals surface area contributed by atoms with Crippen LogP contribution in [0, 0.1) is 0 Å². The van der Waals surface area contributed by atoms with Crippen molar-refractivity contribution >= 4 is 46.1 Å². The summed E-state index contributed by atoms with van der Waals surface area (Å²) in [6, 6.07) is 6.59. The summed E-state index contributed by atoms with van der Waals surface area (Å²) in [6.07, 6.45) is 8.59. The summed E-state index contributed by atoms with van der Waals surface area (Å²) in [5.74, 6) is 0.946. The number of nitrogens with zero attached hydrogens (tertiary/aromatic N) is 4. The van der Waals surface area contributed by atoms with Gasteiger partial charge in [0.15, 0.2) is 5.78 Å². The molecule has 2 fully saturated rings. The van der Waals surface area contributed by atoms with E-state index in [1.165, 1.54) is 5.56 Å². The molecular formula is C29H37N7O2. The van der Waals surface area contributed by atoms with Gasteiger partial charge in [0.1, 0.15) is 5.82 Å². The first-order valence-electron chi connectivity index (χ1n) is 13.5. The molecule has 0 radical (unpaired) electrons. The zero-order chi connectivity index (χ0) is 26.6. The van der Waals surface area contributed by atoms with Crippen molar-refractivity contribution in [1.82, 2.24) is 25.2 Å². The molecule has 2 aromatic heterocycles. The highest BCUT2D eigenvalue weighted by Crippen LogP contribution is 2.34. The number of nitrogens with one attached hydrogen (secondary N) is 3. The average Bonchev–Trinajstić information content (AvgIpc) is 3.60. The van der Waals surface area contributed by atoms with Crippen molar-refractivity contribution < 1.29 is 9.59 Å². The summed E-state index contributed by atoms with van der Waals surface area (Å²) in [6.45, 7) is 10.3. The normalized spacial score (nSPS) is 17.4. The van der Waals surface area contributed by atoms with Gasteiger partial charge in [-0.25, -0.2) is 4.98 Å². The van der Waals surface area contributed by atoms with Crippen molar-refractivity contribution in [3.8, 4) is 0 Å². The number of amides is 1. The summed E-state index contributed by atoms with van der Waals surface area (Å²) in [5.41, 5.74) is 5.30. The fraction of sp³-hybridized carbons (Fsp3) is 0.448. The second-order valence-corrected chi connectivity index (χ2v) is 10.4. The quantitative estimate of drug-likeness (QED) is 0.287. The Bertz CT molecular complexity index is 1350. The van der Waals surface area contributed by atoms with Crippen LogP contribution in [-0.4, -0.2) is 64.3 Å². The van der Waals surface area contributed by atoms with Crippen LogP contribution in [0.2, 0.25) is 0 Å². The molecule has 1 aromatic carbocycles. The number of Topliss-reactive ketones (excluding diaryl/α,β-unsaturated/α-hetero) is 1. The molecule has 9 heteroatoms. The minimum atomic E-state index is -0.00964. The first-order valence-corrected chi connectivity index (χ1v) is 13.5. The van der Waals surface area contributed by atoms with Crippen molar-refractivity contribution in [3.63, 3.8) is 0 Å². The molecule has 1 aliphatic heterocycles. The van der Waals surface area contributed by atoms with Crippen LogP contribution >= 0.6 is 0 Å². The fourth-order valence-electron chi connectivity index (χ4n) is 5.47. The highest BCUT2D eigenvalue weighted by molar-refractivity contribution is 6.01. The third-order valence-electron chi connectivity index (χ3n) is 7.95. The summed E-state index contributed by atoms with van der Waals surface area (Å²) in [7, 11) is 0. The van der Waals surface area contributed by atoms with E-state index in [1.807, 2.05) is 13.1 Å². The Morgan fingerprint density at radius 2 is 1.95 bits per heavy atom. The number of ketones is 1. The smallest absolute Gasteiger partial charge is 0.229 e. The SMILES string of the molecule is CC(=O)/C(C)=C(\C)c1cnc(Nc2c[nH]c3ccc(CN4CCNCC4)cc23)nc1N(C=O)C1CCCC1. The van der Waals surface area contributed by atoms with Gasteiger partial charge in [-0.05, 0) is 62.5 Å². The van der Waals surface area contributed by atoms with Crippen molar-refractivity contribution in [1.29, 1.82) is 0 Å². The highest BCUT2D eigenvalue weighted by Gasteiger charge is 2.27. The van der Waals surface area contributed by atoms with E-state index in [2.05, 4.69) is 43.7 Å². The van der Waals surface area contributed by atoms with Gasteiger partial charge in [-0.2, -0.15) is 4.98 Å². The van der Waals surface area contributed by atoms with Crippen molar-refractivity contribution in [2.45, 2.75) is 59.0 Å². The first kappa shape index (κ1) is 26.1. The molecule has 3 aromatic rings. The van der Waals surface area contributed by atoms with Crippen LogP contribution in [0.25, 0.3) is 16.5 Å². The molecule has 1 amide bonds. The van der Waals surface area contributed by atoms with Crippen LogP contribution in [-0.2, 0) is 16.1 Å². The molecule has 38 heavy (non-hydrogen) atoms. The van der Waals surface area contributed by atoms with E-state index in [9.17, 15) is 9.59 Å². The van der Waals surface area contributed by atoms with Gasteiger partial charge in [-0.3, -0.25) is 19.4 Å². The van der Waals surface area contributed by atoms with E-state index in [0.29, 0.717) is 22.9 Å². The van der Waals surface area contributed by atoms with Crippen LogP contribution in [0.1, 0.15) is 57.6 Å². The maximum atomic E-state index is 12.3. The van der Waals surface area contributed by atoms with Crippen LogP contribution < -0.4 is 15.5 Å². The lowest BCUT2D eigenvalue weighted by Crippen LogP contribution is -2.42. The molecule has 200 valence electrons. The minimum absolute atomic E-state index is 0.00964. The summed E-state index contributed by atoms with van der Waals surface area (Å²) in [5, 5.41) is 7.85. The number of carbonyl (C=O) groups is 2. The zero-order valence-corrected chi connectivity index (χ0v) is 22.5. The third kappa shape index (κ3) is 5.49. The lowest BCUT2D eigenvalue weighted by atomic mass is 10.0. The third-order valence-corrected chi connectivity index (χ3v) is 7.95. The summed E-state index contributed by atoms with van der Waals surface area (Å²) >= 11 is 0. The Morgan fingerprint density at radius 1 is 1.18 bits per heavy atom. The average molecular weight is 516 g/mol. The van der Waals surface area contributed by atoms with E-state index < -0.39 is 0 Å². The van der Waals surface area contributed by atoms with Crippen LogP contribution in [0.3, 0.4) is 0 Å². The Kier molecular flexibility index (Phi) is 7.85. The number of piperazine rings is 1. The molecule has 1 aliphatic carbocycles. The maximum absolute atomic E-state index is 12.3. The Balaban J connectivity index is 1.48. The number of fused-ring (bicyclic) bond motifs is 1. The van der Waals surface area contributed by atoms with Gasteiger partial charge in [-0.1, -0.05) is 18.9 Å². The van der Waals surface area contributed by atoms with Crippen molar-refractivity contribution in [2.75, 3.05) is 36.4 Å². The Morgan fingerprint density at radius 3 is 2.66 bits per heavy atom.